The van der Waals surface area contributed by atoms with Gasteiger partial charge in [-0.05, 0) is 17.7 Å². The van der Waals surface area contributed by atoms with Crippen LogP contribution in [0.15, 0.2) is 24.3 Å². The molecule has 0 unspecified atom stereocenters. The lowest BCUT2D eigenvalue weighted by Crippen LogP contribution is -3.00. The molecule has 0 bridgehead atoms. The van der Waals surface area contributed by atoms with E-state index in [0.717, 1.165) is 24.3 Å². The number of carboxylic acid groups (broad SMARTS) is 1. The quantitative estimate of drug-likeness (QED) is 0.432. The number of quaternary nitrogens is 1. The fraction of sp³-hybridized carbons (Fsp3) is 0.462. The van der Waals surface area contributed by atoms with Gasteiger partial charge < -0.3 is 28.1 Å². The summed E-state index contributed by atoms with van der Waals surface area (Å²) >= 11 is 11.5. The number of halogens is 3. The standard InChI is InChI=1S/C13H18Cl2N2O2.ClH/c14-5-7-17(8-6-15)11-3-1-10(2-4-11)9-12(16)13(18)19;/h1-4,12H,5-9,16H2,(H,18,19);1H/t12-;/m0./s1/i5+1,6+1,7+1,8+1;. The van der Waals surface area contributed by atoms with Crippen molar-refractivity contribution in [2.75, 3.05) is 29.7 Å². The zero-order chi connectivity index (χ0) is 14.3. The van der Waals surface area contributed by atoms with Crippen LogP contribution in [0.4, 0.5) is 5.69 Å². The summed E-state index contributed by atoms with van der Waals surface area (Å²) in [6, 6.07) is 7.15. The Bertz CT molecular complexity index is 395. The second-order valence-corrected chi connectivity index (χ2v) is 5.03. The first-order valence-electron chi connectivity index (χ1n) is 6.10. The second kappa shape index (κ2) is 10.1. The first-order valence-corrected chi connectivity index (χ1v) is 7.17. The van der Waals surface area contributed by atoms with Crippen molar-refractivity contribution in [2.45, 2.75) is 12.5 Å². The Balaban J connectivity index is 0.00000361. The Morgan fingerprint density at radius 2 is 1.70 bits per heavy atom. The highest BCUT2D eigenvalue weighted by atomic mass is 35.5. The van der Waals surface area contributed by atoms with Crippen molar-refractivity contribution in [3.63, 3.8) is 0 Å². The topological polar surface area (TPSA) is 68.2 Å². The Labute approximate surface area is 135 Å². The van der Waals surface area contributed by atoms with E-state index in [1.165, 1.54) is 0 Å². The zero-order valence-corrected chi connectivity index (χ0v) is 13.3. The number of nitrogens with zero attached hydrogens (tertiary/aromatic N) is 1. The summed E-state index contributed by atoms with van der Waals surface area (Å²) in [7, 11) is 0. The SMILES string of the molecule is [Cl-].[NH3+][C@@H](Cc1ccc(N([13CH2][13CH2]Cl)[13CH2][13CH2]Cl)cc1)C(=O)O. The maximum Gasteiger partial charge on any atom is 0.362 e. The van der Waals surface area contributed by atoms with Gasteiger partial charge in [0.15, 0.2) is 6.04 Å². The van der Waals surface area contributed by atoms with E-state index in [1.54, 1.807) is 0 Å². The van der Waals surface area contributed by atoms with Crippen LogP contribution >= 0.6 is 23.2 Å². The van der Waals surface area contributed by atoms with Crippen molar-refractivity contribution in [1.29, 1.82) is 0 Å². The molecular formula is C13H19Cl3N2O2. The van der Waals surface area contributed by atoms with E-state index in [4.69, 9.17) is 28.3 Å². The van der Waals surface area contributed by atoms with Gasteiger partial charge in [0.05, 0.1) is 0 Å². The van der Waals surface area contributed by atoms with Crippen molar-refractivity contribution < 1.29 is 28.0 Å². The van der Waals surface area contributed by atoms with Crippen LogP contribution in [0.2, 0.25) is 0 Å². The van der Waals surface area contributed by atoms with Crippen LogP contribution in [-0.2, 0) is 11.2 Å². The first kappa shape index (κ1) is 19.3. The van der Waals surface area contributed by atoms with Crippen LogP contribution in [0.3, 0.4) is 0 Å². The van der Waals surface area contributed by atoms with Crippen molar-refractivity contribution in [3.05, 3.63) is 29.8 Å². The summed E-state index contributed by atoms with van der Waals surface area (Å²) in [6.07, 6.45) is 0.431. The summed E-state index contributed by atoms with van der Waals surface area (Å²) in [6.45, 7) is 1.47. The maximum absolute atomic E-state index is 10.7. The highest BCUT2D eigenvalue weighted by Crippen LogP contribution is 2.16. The van der Waals surface area contributed by atoms with Crippen LogP contribution in [0.1, 0.15) is 5.56 Å². The summed E-state index contributed by atoms with van der Waals surface area (Å²) in [5.41, 5.74) is 5.61. The predicted molar refractivity (Wildman–Crippen MR) is 78.1 cm³/mol. The van der Waals surface area contributed by atoms with E-state index >= 15 is 0 Å². The molecule has 0 aliphatic heterocycles. The molecule has 0 heterocycles. The van der Waals surface area contributed by atoms with E-state index in [0.29, 0.717) is 18.2 Å². The number of aliphatic carboxylic acids is 1. The molecule has 0 saturated heterocycles. The van der Waals surface area contributed by atoms with Crippen molar-refractivity contribution >= 4 is 34.9 Å². The molecule has 0 aliphatic carbocycles. The fourth-order valence-corrected chi connectivity index (χ4v) is 2.20. The molecule has 0 fully saturated rings. The van der Waals surface area contributed by atoms with Gasteiger partial charge in [-0.15, -0.1) is 23.2 Å². The number of alkyl halides is 2. The largest absolute Gasteiger partial charge is 1.00 e. The third-order valence-electron chi connectivity index (χ3n) is 2.84. The van der Waals surface area contributed by atoms with Crippen LogP contribution in [0.25, 0.3) is 0 Å². The van der Waals surface area contributed by atoms with Gasteiger partial charge in [-0.1, -0.05) is 12.1 Å². The van der Waals surface area contributed by atoms with E-state index in [2.05, 4.69) is 10.6 Å². The first-order chi connectivity index (χ1) is 9.08. The molecule has 1 aromatic rings. The van der Waals surface area contributed by atoms with Crippen LogP contribution in [0.5, 0.6) is 0 Å². The predicted octanol–water partition coefficient (Wildman–Crippen LogP) is -1.79. The summed E-state index contributed by atoms with van der Waals surface area (Å²) in [5.74, 6) is 0.201. The van der Waals surface area contributed by atoms with Gasteiger partial charge in [-0.3, -0.25) is 0 Å². The van der Waals surface area contributed by atoms with E-state index in [1.807, 2.05) is 24.3 Å². The monoisotopic (exact) mass is 344 g/mol. The Hall–Kier alpha value is -0.680. The molecule has 7 heteroatoms. The van der Waals surface area contributed by atoms with Crippen LogP contribution in [0, 0.1) is 0 Å². The highest BCUT2D eigenvalue weighted by Gasteiger charge is 2.16. The molecule has 1 atom stereocenters. The van der Waals surface area contributed by atoms with Gasteiger partial charge in [0.2, 0.25) is 0 Å². The van der Waals surface area contributed by atoms with E-state index in [-0.39, 0.29) is 12.4 Å². The number of carbonyl (C=O) groups is 1. The second-order valence-electron chi connectivity index (χ2n) is 4.27. The maximum atomic E-state index is 10.7. The molecule has 0 aromatic heterocycles. The molecular weight excluding hydrogens is 326 g/mol. The number of benzene rings is 1. The van der Waals surface area contributed by atoms with Crippen molar-refractivity contribution in [1.82, 2.24) is 0 Å². The lowest BCUT2D eigenvalue weighted by molar-refractivity contribution is -0.407. The molecule has 0 saturated carbocycles. The number of hydrogen-bond donors (Lipinski definition) is 2. The molecule has 0 aliphatic rings. The third-order valence-corrected chi connectivity index (χ3v) is 3.18. The minimum atomic E-state index is -0.880. The molecule has 114 valence electrons. The normalized spacial score (nSPS) is 11.6. The average molecular weight is 346 g/mol. The summed E-state index contributed by atoms with van der Waals surface area (Å²) in [4.78, 5) is 12.8. The number of carboxylic acids is 1. The van der Waals surface area contributed by atoms with Gasteiger partial charge >= 0.3 is 5.97 Å². The van der Waals surface area contributed by atoms with Gasteiger partial charge in [0.25, 0.3) is 0 Å². The zero-order valence-electron chi connectivity index (χ0n) is 11.1. The van der Waals surface area contributed by atoms with E-state index < -0.39 is 12.0 Å². The summed E-state index contributed by atoms with van der Waals surface area (Å²) < 4.78 is 0. The highest BCUT2D eigenvalue weighted by molar-refractivity contribution is 6.18. The lowest BCUT2D eigenvalue weighted by Gasteiger charge is -2.23. The Kier molecular flexibility index (Phi) is 9.76. The molecule has 4 nitrogen and oxygen atoms in total. The molecule has 0 radical (unpaired) electrons. The van der Waals surface area contributed by atoms with E-state index in [9.17, 15) is 4.79 Å². The number of anilines is 1. The molecule has 1 rings (SSSR count). The molecule has 0 spiro atoms. The van der Waals surface area contributed by atoms with Gasteiger partial charge in [0, 0.05) is 37.0 Å². The minimum absolute atomic E-state index is 0. The van der Waals surface area contributed by atoms with Crippen molar-refractivity contribution in [2.24, 2.45) is 0 Å². The molecule has 0 amide bonds. The molecule has 1 aromatic carbocycles. The minimum Gasteiger partial charge on any atom is -1.00 e. The smallest absolute Gasteiger partial charge is 0.362 e. The Morgan fingerprint density at radius 1 is 1.20 bits per heavy atom. The fourth-order valence-electron chi connectivity index (χ4n) is 1.79. The number of hydrogen-bond acceptors (Lipinski definition) is 2. The van der Waals surface area contributed by atoms with Gasteiger partial charge in [0.1, 0.15) is 0 Å². The lowest BCUT2D eigenvalue weighted by atomic mass is 10.1. The van der Waals surface area contributed by atoms with Gasteiger partial charge in [-0.25, -0.2) is 4.79 Å². The van der Waals surface area contributed by atoms with Gasteiger partial charge in [-0.2, -0.15) is 0 Å². The van der Waals surface area contributed by atoms with Crippen molar-refractivity contribution in [3.8, 4) is 0 Å². The van der Waals surface area contributed by atoms with Crippen LogP contribution < -0.4 is 23.0 Å². The van der Waals surface area contributed by atoms with Crippen LogP contribution in [-0.4, -0.2) is 42.0 Å². The Morgan fingerprint density at radius 3 is 2.10 bits per heavy atom. The average Bonchev–Trinajstić information content (AvgIpc) is 2.39. The number of rotatable bonds is 8. The third kappa shape index (κ3) is 6.18. The molecule has 4 N–H and O–H groups in total. The molecule has 20 heavy (non-hydrogen) atoms. The summed E-state index contributed by atoms with van der Waals surface area (Å²) in [5, 5.41) is 8.83.